The third kappa shape index (κ3) is 2.11. The largest absolute Gasteiger partial charge is 0.349 e. The second-order valence-corrected chi connectivity index (χ2v) is 5.14. The second-order valence-electron chi connectivity index (χ2n) is 4.36. The van der Waals surface area contributed by atoms with Crippen LogP contribution >= 0.6 is 11.3 Å². The molecular formula is C14H13NOS. The summed E-state index contributed by atoms with van der Waals surface area (Å²) in [6, 6.07) is 10.5. The molecule has 0 bridgehead atoms. The zero-order chi connectivity index (χ0) is 11.7. The van der Waals surface area contributed by atoms with Crippen molar-refractivity contribution < 1.29 is 4.79 Å². The molecule has 1 heterocycles. The Balaban J connectivity index is 1.68. The van der Waals surface area contributed by atoms with Gasteiger partial charge in [-0.05, 0) is 35.4 Å². The van der Waals surface area contributed by atoms with Crippen LogP contribution < -0.4 is 5.32 Å². The number of rotatable bonds is 2. The third-order valence-corrected chi connectivity index (χ3v) is 3.85. The van der Waals surface area contributed by atoms with Gasteiger partial charge in [-0.15, -0.1) is 0 Å². The number of hydrogen-bond acceptors (Lipinski definition) is 2. The molecule has 2 aromatic rings. The zero-order valence-corrected chi connectivity index (χ0v) is 10.2. The Morgan fingerprint density at radius 3 is 2.47 bits per heavy atom. The standard InChI is InChI=1S/C14H13NOS/c16-14(12-5-6-17-9-12)15-13-7-10-3-1-2-4-11(10)8-13/h1-6,9,13H,7-8H2,(H,15,16). The first-order valence-electron chi connectivity index (χ1n) is 5.73. The highest BCUT2D eigenvalue weighted by Gasteiger charge is 2.22. The Hall–Kier alpha value is -1.61. The van der Waals surface area contributed by atoms with Crippen LogP contribution in [-0.4, -0.2) is 11.9 Å². The summed E-state index contributed by atoms with van der Waals surface area (Å²) in [7, 11) is 0. The number of fused-ring (bicyclic) bond motifs is 1. The maximum absolute atomic E-state index is 11.9. The molecule has 1 N–H and O–H groups in total. The number of carbonyl (C=O) groups is 1. The van der Waals surface area contributed by atoms with Crippen molar-refractivity contribution in [3.8, 4) is 0 Å². The van der Waals surface area contributed by atoms with Crippen LogP contribution in [0.2, 0.25) is 0 Å². The SMILES string of the molecule is O=C(NC1Cc2ccccc2C1)c1ccsc1. The van der Waals surface area contributed by atoms with Gasteiger partial charge >= 0.3 is 0 Å². The molecule has 86 valence electrons. The summed E-state index contributed by atoms with van der Waals surface area (Å²) in [6.07, 6.45) is 1.90. The molecular weight excluding hydrogens is 230 g/mol. The number of amides is 1. The van der Waals surface area contributed by atoms with Crippen LogP contribution in [0, 0.1) is 0 Å². The van der Waals surface area contributed by atoms with E-state index in [1.54, 1.807) is 11.3 Å². The predicted molar refractivity (Wildman–Crippen MR) is 69.4 cm³/mol. The first-order chi connectivity index (χ1) is 8.33. The number of hydrogen-bond donors (Lipinski definition) is 1. The Morgan fingerprint density at radius 2 is 1.88 bits per heavy atom. The number of carbonyl (C=O) groups excluding carboxylic acids is 1. The lowest BCUT2D eigenvalue weighted by Crippen LogP contribution is -2.35. The highest BCUT2D eigenvalue weighted by Crippen LogP contribution is 2.22. The van der Waals surface area contributed by atoms with E-state index in [9.17, 15) is 4.79 Å². The summed E-state index contributed by atoms with van der Waals surface area (Å²) < 4.78 is 0. The first kappa shape index (κ1) is 10.5. The van der Waals surface area contributed by atoms with Crippen LogP contribution in [-0.2, 0) is 12.8 Å². The van der Waals surface area contributed by atoms with Crippen LogP contribution in [0.3, 0.4) is 0 Å². The van der Waals surface area contributed by atoms with E-state index in [4.69, 9.17) is 0 Å². The van der Waals surface area contributed by atoms with E-state index in [0.29, 0.717) is 0 Å². The average molecular weight is 243 g/mol. The van der Waals surface area contributed by atoms with Gasteiger partial charge in [-0.2, -0.15) is 11.3 Å². The molecule has 1 amide bonds. The van der Waals surface area contributed by atoms with E-state index >= 15 is 0 Å². The van der Waals surface area contributed by atoms with Gasteiger partial charge in [-0.25, -0.2) is 0 Å². The van der Waals surface area contributed by atoms with Crippen LogP contribution in [0.25, 0.3) is 0 Å². The van der Waals surface area contributed by atoms with Crippen molar-refractivity contribution in [3.05, 3.63) is 57.8 Å². The molecule has 1 aliphatic carbocycles. The van der Waals surface area contributed by atoms with Crippen molar-refractivity contribution in [2.75, 3.05) is 0 Å². The molecule has 3 rings (SSSR count). The van der Waals surface area contributed by atoms with Crippen LogP contribution in [0.5, 0.6) is 0 Å². The Morgan fingerprint density at radius 1 is 1.18 bits per heavy atom. The minimum atomic E-state index is 0.0454. The summed E-state index contributed by atoms with van der Waals surface area (Å²) in [4.78, 5) is 11.9. The lowest BCUT2D eigenvalue weighted by Gasteiger charge is -2.10. The van der Waals surface area contributed by atoms with E-state index < -0.39 is 0 Å². The van der Waals surface area contributed by atoms with Gasteiger partial charge in [0, 0.05) is 17.0 Å². The lowest BCUT2D eigenvalue weighted by atomic mass is 10.1. The maximum atomic E-state index is 11.9. The summed E-state index contributed by atoms with van der Waals surface area (Å²) in [5.41, 5.74) is 3.50. The minimum absolute atomic E-state index is 0.0454. The highest BCUT2D eigenvalue weighted by atomic mass is 32.1. The molecule has 0 radical (unpaired) electrons. The molecule has 1 aliphatic rings. The Bertz CT molecular complexity index is 508. The zero-order valence-electron chi connectivity index (χ0n) is 9.35. The molecule has 0 atom stereocenters. The van der Waals surface area contributed by atoms with Gasteiger partial charge in [-0.1, -0.05) is 24.3 Å². The Labute approximate surface area is 104 Å². The first-order valence-corrected chi connectivity index (χ1v) is 6.67. The van der Waals surface area contributed by atoms with Crippen molar-refractivity contribution in [2.24, 2.45) is 0 Å². The molecule has 3 heteroatoms. The van der Waals surface area contributed by atoms with Crippen LogP contribution in [0.1, 0.15) is 21.5 Å². The molecule has 0 unspecified atom stereocenters. The predicted octanol–water partition coefficient (Wildman–Crippen LogP) is 2.65. The van der Waals surface area contributed by atoms with Gasteiger partial charge in [0.2, 0.25) is 0 Å². The molecule has 0 aliphatic heterocycles. The highest BCUT2D eigenvalue weighted by molar-refractivity contribution is 7.08. The molecule has 0 saturated heterocycles. The molecule has 17 heavy (non-hydrogen) atoms. The smallest absolute Gasteiger partial charge is 0.252 e. The van der Waals surface area contributed by atoms with Crippen molar-refractivity contribution >= 4 is 17.2 Å². The van der Waals surface area contributed by atoms with E-state index in [1.807, 2.05) is 16.8 Å². The van der Waals surface area contributed by atoms with Gasteiger partial charge in [0.1, 0.15) is 0 Å². The van der Waals surface area contributed by atoms with E-state index in [1.165, 1.54) is 11.1 Å². The normalized spacial score (nSPS) is 14.6. The van der Waals surface area contributed by atoms with Gasteiger partial charge < -0.3 is 5.32 Å². The van der Waals surface area contributed by atoms with Crippen LogP contribution in [0.4, 0.5) is 0 Å². The lowest BCUT2D eigenvalue weighted by molar-refractivity contribution is 0.0939. The molecule has 0 spiro atoms. The summed E-state index contributed by atoms with van der Waals surface area (Å²) in [6.45, 7) is 0. The maximum Gasteiger partial charge on any atom is 0.252 e. The average Bonchev–Trinajstić information content (AvgIpc) is 2.97. The van der Waals surface area contributed by atoms with Gasteiger partial charge in [-0.3, -0.25) is 4.79 Å². The summed E-state index contributed by atoms with van der Waals surface area (Å²) in [5, 5.41) is 6.91. The number of nitrogens with one attached hydrogen (secondary N) is 1. The van der Waals surface area contributed by atoms with Crippen molar-refractivity contribution in [1.29, 1.82) is 0 Å². The molecule has 2 nitrogen and oxygen atoms in total. The fraction of sp³-hybridized carbons (Fsp3) is 0.214. The fourth-order valence-corrected chi connectivity index (χ4v) is 2.96. The van der Waals surface area contributed by atoms with Crippen molar-refractivity contribution in [3.63, 3.8) is 0 Å². The van der Waals surface area contributed by atoms with Crippen LogP contribution in [0.15, 0.2) is 41.1 Å². The van der Waals surface area contributed by atoms with Gasteiger partial charge in [0.05, 0.1) is 0 Å². The number of thiophene rings is 1. The van der Waals surface area contributed by atoms with E-state index in [0.717, 1.165) is 18.4 Å². The monoisotopic (exact) mass is 243 g/mol. The van der Waals surface area contributed by atoms with E-state index in [-0.39, 0.29) is 11.9 Å². The summed E-state index contributed by atoms with van der Waals surface area (Å²) in [5.74, 6) is 0.0454. The fourth-order valence-electron chi connectivity index (χ4n) is 2.32. The summed E-state index contributed by atoms with van der Waals surface area (Å²) >= 11 is 1.55. The van der Waals surface area contributed by atoms with Crippen molar-refractivity contribution in [1.82, 2.24) is 5.32 Å². The topological polar surface area (TPSA) is 29.1 Å². The van der Waals surface area contributed by atoms with Gasteiger partial charge in [0.15, 0.2) is 0 Å². The Kier molecular flexibility index (Phi) is 2.69. The quantitative estimate of drug-likeness (QED) is 0.863. The van der Waals surface area contributed by atoms with Crippen molar-refractivity contribution in [2.45, 2.75) is 18.9 Å². The third-order valence-electron chi connectivity index (χ3n) is 3.17. The molecule has 0 saturated carbocycles. The molecule has 0 fully saturated rings. The van der Waals surface area contributed by atoms with E-state index in [2.05, 4.69) is 29.6 Å². The molecule has 1 aromatic heterocycles. The minimum Gasteiger partial charge on any atom is -0.349 e. The second kappa shape index (κ2) is 4.34. The number of benzene rings is 1. The van der Waals surface area contributed by atoms with Gasteiger partial charge in [0.25, 0.3) is 5.91 Å². The molecule has 1 aromatic carbocycles.